The average molecular weight is 282 g/mol. The molecule has 3 nitrogen and oxygen atoms in total. The van der Waals surface area contributed by atoms with Gasteiger partial charge in [-0.2, -0.15) is 0 Å². The lowest BCUT2D eigenvalue weighted by Crippen LogP contribution is -2.44. The topological polar surface area (TPSA) is 35.5 Å². The third kappa shape index (κ3) is 2.24. The molecule has 2 N–H and O–H groups in total. The molecule has 0 amide bonds. The van der Waals surface area contributed by atoms with E-state index in [0.717, 1.165) is 19.4 Å². The van der Waals surface area contributed by atoms with E-state index in [0.29, 0.717) is 30.8 Å². The van der Waals surface area contributed by atoms with Crippen molar-refractivity contribution >= 4 is 5.69 Å². The Morgan fingerprint density at radius 1 is 1.50 bits per heavy atom. The van der Waals surface area contributed by atoms with Gasteiger partial charge in [-0.25, -0.2) is 8.78 Å². The molecular weight excluding hydrogens is 262 g/mol. The highest BCUT2D eigenvalue weighted by molar-refractivity contribution is 5.57. The van der Waals surface area contributed by atoms with Crippen molar-refractivity contribution in [2.75, 3.05) is 25.0 Å². The number of anilines is 1. The second kappa shape index (κ2) is 4.88. The van der Waals surface area contributed by atoms with E-state index >= 15 is 0 Å². The number of phenols is 1. The van der Waals surface area contributed by atoms with Gasteiger partial charge in [0.05, 0.1) is 5.69 Å². The lowest BCUT2D eigenvalue weighted by atomic mass is 9.93. The molecule has 2 aliphatic rings. The molecule has 0 aliphatic carbocycles. The predicted octanol–water partition coefficient (Wildman–Crippen LogP) is 2.83. The highest BCUT2D eigenvalue weighted by Crippen LogP contribution is 2.40. The summed E-state index contributed by atoms with van der Waals surface area (Å²) in [6.07, 6.45) is 1.77. The molecule has 20 heavy (non-hydrogen) atoms. The number of phenolic OH excluding ortho intramolecular Hbond substituents is 1. The van der Waals surface area contributed by atoms with Crippen LogP contribution in [0.5, 0.6) is 5.75 Å². The summed E-state index contributed by atoms with van der Waals surface area (Å²) in [5, 5.41) is 13.0. The van der Waals surface area contributed by atoms with Crippen molar-refractivity contribution in [1.29, 1.82) is 0 Å². The van der Waals surface area contributed by atoms with Gasteiger partial charge in [-0.15, -0.1) is 0 Å². The molecule has 1 aromatic carbocycles. The SMILES string of the molecule is Cc1cc(O)c(NCC23CCCN2CC(F)C3)cc1F. The fourth-order valence-electron chi connectivity index (χ4n) is 3.57. The van der Waals surface area contributed by atoms with Crippen molar-refractivity contribution in [2.24, 2.45) is 0 Å². The van der Waals surface area contributed by atoms with Crippen molar-refractivity contribution in [3.05, 3.63) is 23.5 Å². The van der Waals surface area contributed by atoms with Gasteiger partial charge in [0.15, 0.2) is 0 Å². The molecule has 0 saturated carbocycles. The Labute approximate surface area is 117 Å². The van der Waals surface area contributed by atoms with E-state index in [2.05, 4.69) is 10.2 Å². The van der Waals surface area contributed by atoms with Gasteiger partial charge in [0, 0.05) is 24.7 Å². The standard InChI is InChI=1S/C15H20F2N2O/c1-10-5-14(20)13(6-12(10)17)18-9-15-3-2-4-19(15)8-11(16)7-15/h5-6,11,18,20H,2-4,7-9H2,1H3. The zero-order chi connectivity index (χ0) is 14.3. The van der Waals surface area contributed by atoms with Crippen LogP contribution < -0.4 is 5.32 Å². The molecule has 2 fully saturated rings. The molecule has 2 heterocycles. The van der Waals surface area contributed by atoms with Crippen LogP contribution in [0.2, 0.25) is 0 Å². The Morgan fingerprint density at radius 2 is 2.30 bits per heavy atom. The zero-order valence-corrected chi connectivity index (χ0v) is 11.6. The van der Waals surface area contributed by atoms with Gasteiger partial charge >= 0.3 is 0 Å². The van der Waals surface area contributed by atoms with Crippen LogP contribution in [0, 0.1) is 12.7 Å². The van der Waals surface area contributed by atoms with E-state index < -0.39 is 6.17 Å². The third-order valence-electron chi connectivity index (χ3n) is 4.65. The number of nitrogens with zero attached hydrogens (tertiary/aromatic N) is 1. The molecule has 0 radical (unpaired) electrons. The first-order chi connectivity index (χ1) is 9.50. The van der Waals surface area contributed by atoms with Crippen molar-refractivity contribution in [2.45, 2.75) is 37.9 Å². The van der Waals surface area contributed by atoms with E-state index in [1.165, 1.54) is 12.1 Å². The number of hydrogen-bond acceptors (Lipinski definition) is 3. The molecule has 0 spiro atoms. The number of aromatic hydroxyl groups is 1. The number of nitrogens with one attached hydrogen (secondary N) is 1. The quantitative estimate of drug-likeness (QED) is 0.837. The molecule has 2 saturated heterocycles. The minimum atomic E-state index is -0.777. The fraction of sp³-hybridized carbons (Fsp3) is 0.600. The van der Waals surface area contributed by atoms with Crippen LogP contribution in [-0.4, -0.2) is 41.4 Å². The summed E-state index contributed by atoms with van der Waals surface area (Å²) >= 11 is 0. The van der Waals surface area contributed by atoms with Gasteiger partial charge in [-0.05, 0) is 44.4 Å². The van der Waals surface area contributed by atoms with Gasteiger partial charge in [0.1, 0.15) is 17.7 Å². The van der Waals surface area contributed by atoms with Crippen LogP contribution in [0.25, 0.3) is 0 Å². The second-order valence-corrected chi connectivity index (χ2v) is 6.05. The molecule has 110 valence electrons. The Morgan fingerprint density at radius 3 is 3.10 bits per heavy atom. The Balaban J connectivity index is 1.75. The van der Waals surface area contributed by atoms with E-state index in [-0.39, 0.29) is 17.1 Å². The maximum absolute atomic E-state index is 13.6. The van der Waals surface area contributed by atoms with E-state index in [9.17, 15) is 13.9 Å². The Hall–Kier alpha value is -1.36. The first kappa shape index (κ1) is 13.6. The summed E-state index contributed by atoms with van der Waals surface area (Å²) < 4.78 is 27.2. The number of rotatable bonds is 3. The van der Waals surface area contributed by atoms with E-state index in [1.54, 1.807) is 6.92 Å². The molecule has 5 heteroatoms. The van der Waals surface area contributed by atoms with Gasteiger partial charge in [0.25, 0.3) is 0 Å². The van der Waals surface area contributed by atoms with E-state index in [1.807, 2.05) is 0 Å². The van der Waals surface area contributed by atoms with E-state index in [4.69, 9.17) is 0 Å². The maximum atomic E-state index is 13.6. The van der Waals surface area contributed by atoms with Crippen molar-refractivity contribution in [3.8, 4) is 5.75 Å². The largest absolute Gasteiger partial charge is 0.506 e. The van der Waals surface area contributed by atoms with Gasteiger partial charge in [0.2, 0.25) is 0 Å². The molecule has 1 aromatic rings. The summed E-state index contributed by atoms with van der Waals surface area (Å²) in [5.74, 6) is -0.305. The molecule has 0 aromatic heterocycles. The smallest absolute Gasteiger partial charge is 0.139 e. The number of benzene rings is 1. The van der Waals surface area contributed by atoms with Crippen LogP contribution in [0.4, 0.5) is 14.5 Å². The molecule has 0 bridgehead atoms. The minimum absolute atomic E-state index is 0.0413. The van der Waals surface area contributed by atoms with Crippen molar-refractivity contribution in [3.63, 3.8) is 0 Å². The summed E-state index contributed by atoms with van der Waals surface area (Å²) in [4.78, 5) is 2.19. The minimum Gasteiger partial charge on any atom is -0.506 e. The predicted molar refractivity (Wildman–Crippen MR) is 74.3 cm³/mol. The lowest BCUT2D eigenvalue weighted by Gasteiger charge is -2.32. The van der Waals surface area contributed by atoms with Gasteiger partial charge in [-0.3, -0.25) is 4.90 Å². The van der Waals surface area contributed by atoms with Crippen LogP contribution in [0.15, 0.2) is 12.1 Å². The second-order valence-electron chi connectivity index (χ2n) is 6.05. The summed E-state index contributed by atoms with van der Waals surface area (Å²) in [6.45, 7) is 3.58. The maximum Gasteiger partial charge on any atom is 0.139 e. The number of alkyl halides is 1. The lowest BCUT2D eigenvalue weighted by molar-refractivity contribution is 0.209. The molecular formula is C15H20F2N2O. The zero-order valence-electron chi connectivity index (χ0n) is 11.6. The molecule has 2 aliphatic heterocycles. The number of aryl methyl sites for hydroxylation is 1. The summed E-state index contributed by atoms with van der Waals surface area (Å²) in [6, 6.07) is 2.72. The highest BCUT2D eigenvalue weighted by Gasteiger charge is 2.48. The highest BCUT2D eigenvalue weighted by atomic mass is 19.1. The van der Waals surface area contributed by atoms with Crippen LogP contribution >= 0.6 is 0 Å². The van der Waals surface area contributed by atoms with Crippen molar-refractivity contribution < 1.29 is 13.9 Å². The first-order valence-corrected chi connectivity index (χ1v) is 7.12. The third-order valence-corrected chi connectivity index (χ3v) is 4.65. The van der Waals surface area contributed by atoms with Crippen LogP contribution in [-0.2, 0) is 0 Å². The average Bonchev–Trinajstić information content (AvgIpc) is 2.88. The normalized spacial score (nSPS) is 29.6. The molecule has 2 atom stereocenters. The molecule has 3 rings (SSSR count). The Kier molecular flexibility index (Phi) is 3.32. The molecule has 2 unspecified atom stereocenters. The number of fused-ring (bicyclic) bond motifs is 1. The number of hydrogen-bond donors (Lipinski definition) is 2. The summed E-state index contributed by atoms with van der Waals surface area (Å²) in [5.41, 5.74) is 0.628. The van der Waals surface area contributed by atoms with Gasteiger partial charge in [-0.1, -0.05) is 0 Å². The monoisotopic (exact) mass is 282 g/mol. The fourth-order valence-corrected chi connectivity index (χ4v) is 3.57. The van der Waals surface area contributed by atoms with Crippen molar-refractivity contribution in [1.82, 2.24) is 4.90 Å². The summed E-state index contributed by atoms with van der Waals surface area (Å²) in [7, 11) is 0. The Bertz CT molecular complexity index is 523. The van der Waals surface area contributed by atoms with Crippen LogP contribution in [0.3, 0.4) is 0 Å². The van der Waals surface area contributed by atoms with Crippen LogP contribution in [0.1, 0.15) is 24.8 Å². The number of halogens is 2. The first-order valence-electron chi connectivity index (χ1n) is 7.12. The van der Waals surface area contributed by atoms with Gasteiger partial charge < -0.3 is 10.4 Å².